The third kappa shape index (κ3) is 3.99. The molecule has 4 rings (SSSR count). The molecule has 0 aliphatic carbocycles. The summed E-state index contributed by atoms with van der Waals surface area (Å²) in [7, 11) is 2.08. The van der Waals surface area contributed by atoms with Crippen LogP contribution in [-0.2, 0) is 13.1 Å². The van der Waals surface area contributed by atoms with Gasteiger partial charge in [-0.15, -0.1) is 0 Å². The van der Waals surface area contributed by atoms with Gasteiger partial charge in [-0.2, -0.15) is 5.10 Å². The molecule has 2 aromatic heterocycles. The van der Waals surface area contributed by atoms with E-state index in [2.05, 4.69) is 28.2 Å². The van der Waals surface area contributed by atoms with E-state index in [1.807, 2.05) is 78.5 Å². The fourth-order valence-electron chi connectivity index (χ4n) is 3.07. The number of benzene rings is 2. The van der Waals surface area contributed by atoms with Crippen LogP contribution in [0.2, 0.25) is 0 Å². The van der Waals surface area contributed by atoms with E-state index in [1.54, 1.807) is 0 Å². The van der Waals surface area contributed by atoms with Gasteiger partial charge in [0.1, 0.15) is 5.76 Å². The number of oxazole rings is 1. The third-order valence-corrected chi connectivity index (χ3v) is 4.44. The number of nitrogens with zero attached hydrogens (tertiary/aromatic N) is 4. The molecule has 0 unspecified atom stereocenters. The zero-order chi connectivity index (χ0) is 18.6. The standard InChI is InChI=1S/C22H22N4O/c1-17-21(24-22(27-17)19-9-5-3-6-10-19)16-25(2)14-18-13-23-26(15-18)20-11-7-4-8-12-20/h3-13,15H,14,16H2,1-2H3. The molecule has 0 N–H and O–H groups in total. The average molecular weight is 358 g/mol. The average Bonchev–Trinajstić information content (AvgIpc) is 3.30. The molecule has 2 heterocycles. The third-order valence-electron chi connectivity index (χ3n) is 4.44. The molecule has 2 aromatic carbocycles. The van der Waals surface area contributed by atoms with E-state index in [0.29, 0.717) is 5.89 Å². The highest BCUT2D eigenvalue weighted by Gasteiger charge is 2.13. The number of hydrogen-bond donors (Lipinski definition) is 0. The van der Waals surface area contributed by atoms with E-state index < -0.39 is 0 Å². The van der Waals surface area contributed by atoms with Crippen LogP contribution in [0.4, 0.5) is 0 Å². The minimum Gasteiger partial charge on any atom is -0.441 e. The number of rotatable bonds is 6. The second-order valence-electron chi connectivity index (χ2n) is 6.69. The molecule has 0 atom stereocenters. The molecule has 0 aliphatic heterocycles. The van der Waals surface area contributed by atoms with E-state index in [4.69, 9.17) is 4.42 Å². The maximum Gasteiger partial charge on any atom is 0.226 e. The van der Waals surface area contributed by atoms with Crippen LogP contribution in [0.15, 0.2) is 77.5 Å². The van der Waals surface area contributed by atoms with E-state index in [1.165, 1.54) is 0 Å². The van der Waals surface area contributed by atoms with E-state index in [9.17, 15) is 0 Å². The van der Waals surface area contributed by atoms with E-state index in [0.717, 1.165) is 41.4 Å². The van der Waals surface area contributed by atoms with Crippen LogP contribution < -0.4 is 0 Å². The van der Waals surface area contributed by atoms with Crippen molar-refractivity contribution in [2.45, 2.75) is 20.0 Å². The van der Waals surface area contributed by atoms with Crippen molar-refractivity contribution in [3.8, 4) is 17.1 Å². The Kier molecular flexibility index (Phi) is 4.85. The summed E-state index contributed by atoms with van der Waals surface area (Å²) in [5, 5.41) is 4.46. The molecule has 4 aromatic rings. The van der Waals surface area contributed by atoms with Crippen LogP contribution in [-0.4, -0.2) is 26.7 Å². The molecule has 5 nitrogen and oxygen atoms in total. The summed E-state index contributed by atoms with van der Waals surface area (Å²) in [5.74, 6) is 1.54. The first kappa shape index (κ1) is 17.2. The topological polar surface area (TPSA) is 47.1 Å². The minimum atomic E-state index is 0.674. The van der Waals surface area contributed by atoms with Crippen molar-refractivity contribution in [1.29, 1.82) is 0 Å². The molecule has 136 valence electrons. The number of aryl methyl sites for hydroxylation is 1. The molecule has 0 bridgehead atoms. The Morgan fingerprint density at radius 1 is 0.963 bits per heavy atom. The second-order valence-corrected chi connectivity index (χ2v) is 6.69. The Morgan fingerprint density at radius 2 is 1.67 bits per heavy atom. The summed E-state index contributed by atoms with van der Waals surface area (Å²) < 4.78 is 7.76. The summed E-state index contributed by atoms with van der Waals surface area (Å²) in [4.78, 5) is 6.90. The lowest BCUT2D eigenvalue weighted by Gasteiger charge is -2.14. The highest BCUT2D eigenvalue weighted by atomic mass is 16.4. The number of para-hydroxylation sites is 1. The van der Waals surface area contributed by atoms with E-state index >= 15 is 0 Å². The number of hydrogen-bond acceptors (Lipinski definition) is 4. The van der Waals surface area contributed by atoms with Crippen molar-refractivity contribution < 1.29 is 4.42 Å². The summed E-state index contributed by atoms with van der Waals surface area (Å²) in [6.07, 6.45) is 3.98. The van der Waals surface area contributed by atoms with Crippen LogP contribution in [0, 0.1) is 6.92 Å². The van der Waals surface area contributed by atoms with Gasteiger partial charge in [0.2, 0.25) is 5.89 Å². The molecular formula is C22H22N4O. The van der Waals surface area contributed by atoms with Crippen molar-refractivity contribution >= 4 is 0 Å². The maximum atomic E-state index is 5.86. The summed E-state index contributed by atoms with van der Waals surface area (Å²) >= 11 is 0. The van der Waals surface area contributed by atoms with Gasteiger partial charge in [-0.3, -0.25) is 4.90 Å². The first-order valence-electron chi connectivity index (χ1n) is 8.98. The van der Waals surface area contributed by atoms with Gasteiger partial charge in [-0.25, -0.2) is 9.67 Å². The smallest absolute Gasteiger partial charge is 0.226 e. The monoisotopic (exact) mass is 358 g/mol. The maximum absolute atomic E-state index is 5.86. The highest BCUT2D eigenvalue weighted by molar-refractivity contribution is 5.53. The summed E-state index contributed by atoms with van der Waals surface area (Å²) in [5.41, 5.74) is 4.18. The molecule has 0 spiro atoms. The molecule has 0 radical (unpaired) electrons. The molecular weight excluding hydrogens is 336 g/mol. The van der Waals surface area contributed by atoms with Gasteiger partial charge in [0.25, 0.3) is 0 Å². The first-order valence-corrected chi connectivity index (χ1v) is 8.98. The molecule has 0 aliphatic rings. The van der Waals surface area contributed by atoms with Gasteiger partial charge in [0.15, 0.2) is 0 Å². The normalized spacial score (nSPS) is 11.2. The van der Waals surface area contributed by atoms with Crippen molar-refractivity contribution in [2.24, 2.45) is 0 Å². The van der Waals surface area contributed by atoms with Crippen LogP contribution in [0.3, 0.4) is 0 Å². The van der Waals surface area contributed by atoms with Crippen LogP contribution in [0.25, 0.3) is 17.1 Å². The predicted molar refractivity (Wildman–Crippen MR) is 105 cm³/mol. The van der Waals surface area contributed by atoms with Gasteiger partial charge in [-0.1, -0.05) is 36.4 Å². The predicted octanol–water partition coefficient (Wildman–Crippen LogP) is 4.47. The van der Waals surface area contributed by atoms with Crippen molar-refractivity contribution in [3.63, 3.8) is 0 Å². The van der Waals surface area contributed by atoms with Gasteiger partial charge >= 0.3 is 0 Å². The minimum absolute atomic E-state index is 0.674. The zero-order valence-electron chi connectivity index (χ0n) is 15.5. The Balaban J connectivity index is 1.44. The second kappa shape index (κ2) is 7.60. The molecule has 0 saturated heterocycles. The van der Waals surface area contributed by atoms with E-state index in [-0.39, 0.29) is 0 Å². The van der Waals surface area contributed by atoms with Crippen LogP contribution >= 0.6 is 0 Å². The lowest BCUT2D eigenvalue weighted by molar-refractivity contribution is 0.313. The van der Waals surface area contributed by atoms with Crippen molar-refractivity contribution in [2.75, 3.05) is 7.05 Å². The van der Waals surface area contributed by atoms with Crippen LogP contribution in [0.5, 0.6) is 0 Å². The summed E-state index contributed by atoms with van der Waals surface area (Å²) in [6.45, 7) is 3.48. The van der Waals surface area contributed by atoms with Crippen molar-refractivity contribution in [3.05, 3.63) is 90.1 Å². The Labute approximate surface area is 158 Å². The zero-order valence-corrected chi connectivity index (χ0v) is 15.5. The Bertz CT molecular complexity index is 1010. The number of aromatic nitrogens is 3. The molecule has 0 fully saturated rings. The van der Waals surface area contributed by atoms with Gasteiger partial charge in [0, 0.05) is 30.4 Å². The Hall–Kier alpha value is -3.18. The molecule has 5 heteroatoms. The highest BCUT2D eigenvalue weighted by Crippen LogP contribution is 2.22. The lowest BCUT2D eigenvalue weighted by Crippen LogP contribution is -2.17. The van der Waals surface area contributed by atoms with Gasteiger partial charge in [-0.05, 0) is 38.2 Å². The lowest BCUT2D eigenvalue weighted by atomic mass is 10.2. The fraction of sp³-hybridized carbons (Fsp3) is 0.182. The van der Waals surface area contributed by atoms with Gasteiger partial charge in [0.05, 0.1) is 17.6 Å². The first-order chi connectivity index (χ1) is 13.2. The fourth-order valence-corrected chi connectivity index (χ4v) is 3.07. The van der Waals surface area contributed by atoms with Crippen LogP contribution in [0.1, 0.15) is 17.0 Å². The van der Waals surface area contributed by atoms with Gasteiger partial charge < -0.3 is 4.42 Å². The molecule has 27 heavy (non-hydrogen) atoms. The van der Waals surface area contributed by atoms with Crippen molar-refractivity contribution in [1.82, 2.24) is 19.7 Å². The SMILES string of the molecule is Cc1oc(-c2ccccc2)nc1CN(C)Cc1cnn(-c2ccccc2)c1. The molecule has 0 saturated carbocycles. The largest absolute Gasteiger partial charge is 0.441 e. The summed E-state index contributed by atoms with van der Waals surface area (Å²) in [6, 6.07) is 20.1. The molecule has 0 amide bonds. The Morgan fingerprint density at radius 3 is 2.41 bits per heavy atom. The quantitative estimate of drug-likeness (QED) is 0.510.